The van der Waals surface area contributed by atoms with E-state index < -0.39 is 10.3 Å². The van der Waals surface area contributed by atoms with Crippen LogP contribution in [0.5, 0.6) is 0 Å². The van der Waals surface area contributed by atoms with Crippen LogP contribution in [0.1, 0.15) is 21.8 Å². The average molecular weight is 450 g/mol. The SMILES string of the molecule is CSc1ccc([C@@H]2CN(C)[C@]3(C(=O)Nc4ccccc43)[C@]23Sc2ncnn2C3=O)cc1. The topological polar surface area (TPSA) is 80.1 Å². The summed E-state index contributed by atoms with van der Waals surface area (Å²) < 4.78 is 0.249. The number of benzene rings is 2. The van der Waals surface area contributed by atoms with E-state index in [2.05, 4.69) is 39.7 Å². The van der Waals surface area contributed by atoms with Crippen LogP contribution < -0.4 is 5.32 Å². The number of nitrogens with one attached hydrogen (secondary N) is 1. The number of para-hydroxylation sites is 1. The second-order valence-electron chi connectivity index (χ2n) is 8.01. The van der Waals surface area contributed by atoms with Gasteiger partial charge in [-0.25, -0.2) is 4.98 Å². The second kappa shape index (κ2) is 6.44. The highest BCUT2D eigenvalue weighted by Crippen LogP contribution is 2.66. The Morgan fingerprint density at radius 1 is 1.16 bits per heavy atom. The molecule has 9 heteroatoms. The van der Waals surface area contributed by atoms with Gasteiger partial charge < -0.3 is 5.32 Å². The molecule has 1 N–H and O–H groups in total. The summed E-state index contributed by atoms with van der Waals surface area (Å²) in [4.78, 5) is 35.3. The van der Waals surface area contributed by atoms with Gasteiger partial charge in [0.15, 0.2) is 10.7 Å². The van der Waals surface area contributed by atoms with Crippen molar-refractivity contribution >= 4 is 41.0 Å². The number of likely N-dealkylation sites (tertiary alicyclic amines) is 1. The Bertz CT molecular complexity index is 1240. The second-order valence-corrected chi connectivity index (χ2v) is 10.1. The van der Waals surface area contributed by atoms with E-state index in [1.807, 2.05) is 42.5 Å². The van der Waals surface area contributed by atoms with Gasteiger partial charge in [0.1, 0.15) is 11.1 Å². The van der Waals surface area contributed by atoms with Crippen molar-refractivity contribution in [3.8, 4) is 0 Å². The minimum absolute atomic E-state index is 0.175. The Hall–Kier alpha value is -2.62. The molecule has 1 aromatic heterocycles. The Morgan fingerprint density at radius 3 is 2.68 bits per heavy atom. The van der Waals surface area contributed by atoms with Crippen LogP contribution in [0.2, 0.25) is 0 Å². The highest BCUT2D eigenvalue weighted by Gasteiger charge is 2.77. The number of thioether (sulfide) groups is 2. The number of amides is 1. The van der Waals surface area contributed by atoms with E-state index in [1.165, 1.54) is 22.8 Å². The molecule has 0 radical (unpaired) electrons. The minimum Gasteiger partial charge on any atom is -0.324 e. The molecule has 0 aliphatic carbocycles. The molecule has 3 aliphatic heterocycles. The Labute approximate surface area is 187 Å². The molecule has 2 spiro atoms. The number of hydrogen-bond acceptors (Lipinski definition) is 7. The van der Waals surface area contributed by atoms with Gasteiger partial charge in [-0.2, -0.15) is 9.78 Å². The standard InChI is InChI=1S/C22H19N5O2S2/c1-26-11-16(13-7-9-14(30-2)10-8-13)22(19(29)27-20(31-22)23-12-24-27)21(26)15-5-3-4-6-17(15)25-18(21)28/h3-10,12,16H,11H2,1-2H3,(H,25,28)/t16-,21+,22-/m0/s1. The molecule has 2 aromatic carbocycles. The molecule has 0 saturated carbocycles. The number of aromatic nitrogens is 3. The Balaban J connectivity index is 1.63. The van der Waals surface area contributed by atoms with Crippen molar-refractivity contribution in [3.05, 3.63) is 66.0 Å². The number of hydrogen-bond donors (Lipinski definition) is 1. The molecule has 3 aromatic rings. The number of anilines is 1. The van der Waals surface area contributed by atoms with E-state index in [0.29, 0.717) is 11.7 Å². The summed E-state index contributed by atoms with van der Waals surface area (Å²) in [6, 6.07) is 16.0. The first kappa shape index (κ1) is 19.1. The molecule has 156 valence electrons. The van der Waals surface area contributed by atoms with Gasteiger partial charge in [-0.15, -0.1) is 11.8 Å². The molecule has 1 fully saturated rings. The summed E-state index contributed by atoms with van der Waals surface area (Å²) in [6.07, 6.45) is 3.43. The third-order valence-corrected chi connectivity index (χ3v) is 9.03. The van der Waals surface area contributed by atoms with E-state index >= 15 is 0 Å². The molecular formula is C22H19N5O2S2. The third kappa shape index (κ3) is 2.16. The number of nitrogens with zero attached hydrogens (tertiary/aromatic N) is 4. The molecule has 0 bridgehead atoms. The maximum Gasteiger partial charge on any atom is 0.269 e. The van der Waals surface area contributed by atoms with Crippen LogP contribution in [0.25, 0.3) is 0 Å². The molecule has 31 heavy (non-hydrogen) atoms. The van der Waals surface area contributed by atoms with Crippen molar-refractivity contribution in [2.75, 3.05) is 25.2 Å². The van der Waals surface area contributed by atoms with Crippen molar-refractivity contribution in [3.63, 3.8) is 0 Å². The lowest BCUT2D eigenvalue weighted by molar-refractivity contribution is -0.126. The van der Waals surface area contributed by atoms with Crippen molar-refractivity contribution in [2.45, 2.75) is 26.3 Å². The van der Waals surface area contributed by atoms with Gasteiger partial charge in [0.25, 0.3) is 11.8 Å². The van der Waals surface area contributed by atoms with E-state index in [-0.39, 0.29) is 17.7 Å². The lowest BCUT2D eigenvalue weighted by atomic mass is 9.72. The van der Waals surface area contributed by atoms with E-state index in [1.54, 1.807) is 11.8 Å². The van der Waals surface area contributed by atoms with Crippen LogP contribution in [-0.4, -0.2) is 56.1 Å². The van der Waals surface area contributed by atoms with Gasteiger partial charge in [-0.05, 0) is 37.1 Å². The highest BCUT2D eigenvalue weighted by molar-refractivity contribution is 8.02. The van der Waals surface area contributed by atoms with Gasteiger partial charge in [0, 0.05) is 28.6 Å². The molecule has 3 aliphatic rings. The van der Waals surface area contributed by atoms with Crippen LogP contribution in [0.4, 0.5) is 5.69 Å². The van der Waals surface area contributed by atoms with Gasteiger partial charge >= 0.3 is 0 Å². The largest absolute Gasteiger partial charge is 0.324 e. The van der Waals surface area contributed by atoms with Crippen molar-refractivity contribution in [2.24, 2.45) is 0 Å². The van der Waals surface area contributed by atoms with Crippen LogP contribution in [0, 0.1) is 0 Å². The lowest BCUT2D eigenvalue weighted by Gasteiger charge is -2.41. The van der Waals surface area contributed by atoms with Gasteiger partial charge in [-0.3, -0.25) is 14.5 Å². The number of rotatable bonds is 2. The zero-order valence-electron chi connectivity index (χ0n) is 16.9. The number of carbonyl (C=O) groups is 2. The first-order valence-electron chi connectivity index (χ1n) is 9.94. The molecule has 1 amide bonds. The summed E-state index contributed by atoms with van der Waals surface area (Å²) in [5.41, 5.74) is 1.46. The number of fused-ring (bicyclic) bond motifs is 4. The van der Waals surface area contributed by atoms with Crippen LogP contribution in [0.15, 0.2) is 64.9 Å². The molecule has 6 rings (SSSR count). The zero-order chi connectivity index (χ0) is 21.4. The lowest BCUT2D eigenvalue weighted by Crippen LogP contribution is -2.61. The molecular weight excluding hydrogens is 430 g/mol. The van der Waals surface area contributed by atoms with E-state index in [4.69, 9.17) is 0 Å². The predicted octanol–water partition coefficient (Wildman–Crippen LogP) is 3.06. The number of carbonyl (C=O) groups excluding carboxylic acids is 2. The summed E-state index contributed by atoms with van der Waals surface area (Å²) in [7, 11) is 1.93. The fourth-order valence-corrected chi connectivity index (χ4v) is 7.52. The van der Waals surface area contributed by atoms with Crippen LogP contribution in [-0.2, 0) is 10.3 Å². The van der Waals surface area contributed by atoms with Crippen molar-refractivity contribution < 1.29 is 9.59 Å². The van der Waals surface area contributed by atoms with Gasteiger partial charge in [0.2, 0.25) is 0 Å². The first-order valence-corrected chi connectivity index (χ1v) is 12.0. The number of likely N-dealkylation sites (N-methyl/N-ethyl adjacent to an activating group) is 1. The third-order valence-electron chi connectivity index (χ3n) is 6.75. The monoisotopic (exact) mass is 449 g/mol. The molecule has 3 atom stereocenters. The van der Waals surface area contributed by atoms with Gasteiger partial charge in [-0.1, -0.05) is 42.1 Å². The quantitative estimate of drug-likeness (QED) is 0.602. The van der Waals surface area contributed by atoms with Crippen molar-refractivity contribution in [1.29, 1.82) is 0 Å². The molecule has 0 unspecified atom stereocenters. The summed E-state index contributed by atoms with van der Waals surface area (Å²) >= 11 is 3.05. The summed E-state index contributed by atoms with van der Waals surface area (Å²) in [5.74, 6) is -0.586. The van der Waals surface area contributed by atoms with Crippen LogP contribution in [0.3, 0.4) is 0 Å². The Kier molecular flexibility index (Phi) is 3.97. The first-order chi connectivity index (χ1) is 15.0. The van der Waals surface area contributed by atoms with E-state index in [9.17, 15) is 9.59 Å². The predicted molar refractivity (Wildman–Crippen MR) is 120 cm³/mol. The summed E-state index contributed by atoms with van der Waals surface area (Å²) in [6.45, 7) is 0.559. The smallest absolute Gasteiger partial charge is 0.269 e. The maximum absolute atomic E-state index is 14.1. The van der Waals surface area contributed by atoms with Gasteiger partial charge in [0.05, 0.1) is 0 Å². The summed E-state index contributed by atoms with van der Waals surface area (Å²) in [5, 5.41) is 7.77. The molecule has 4 heterocycles. The molecule has 1 saturated heterocycles. The fraction of sp³-hybridized carbons (Fsp3) is 0.273. The fourth-order valence-electron chi connectivity index (χ4n) is 5.48. The van der Waals surface area contributed by atoms with Crippen LogP contribution >= 0.6 is 23.5 Å². The van der Waals surface area contributed by atoms with Crippen molar-refractivity contribution in [1.82, 2.24) is 19.7 Å². The highest BCUT2D eigenvalue weighted by atomic mass is 32.2. The normalized spacial score (nSPS) is 29.0. The minimum atomic E-state index is -1.16. The maximum atomic E-state index is 14.1. The average Bonchev–Trinajstić information content (AvgIpc) is 3.49. The molecule has 7 nitrogen and oxygen atoms in total. The zero-order valence-corrected chi connectivity index (χ0v) is 18.5. The Morgan fingerprint density at radius 2 is 1.94 bits per heavy atom. The van der Waals surface area contributed by atoms with E-state index in [0.717, 1.165) is 21.7 Å².